The van der Waals surface area contributed by atoms with E-state index in [1.54, 1.807) is 0 Å². The fraction of sp³-hybridized carbons (Fsp3) is 0.812. The molecule has 1 saturated heterocycles. The molecular formula is C16H25NO2. The second kappa shape index (κ2) is 4.26. The van der Waals surface area contributed by atoms with Gasteiger partial charge in [-0.1, -0.05) is 18.9 Å². The highest BCUT2D eigenvalue weighted by Gasteiger charge is 2.60. The minimum atomic E-state index is -0.396. The van der Waals surface area contributed by atoms with Crippen molar-refractivity contribution in [2.24, 2.45) is 11.8 Å². The normalized spacial score (nSPS) is 37.1. The summed E-state index contributed by atoms with van der Waals surface area (Å²) >= 11 is 0. The first kappa shape index (κ1) is 13.0. The number of hydrogen-bond donors (Lipinski definition) is 0. The van der Waals surface area contributed by atoms with Crippen molar-refractivity contribution in [3.63, 3.8) is 0 Å². The fourth-order valence-electron chi connectivity index (χ4n) is 4.22. The first-order chi connectivity index (χ1) is 8.93. The van der Waals surface area contributed by atoms with Crippen molar-refractivity contribution < 1.29 is 9.53 Å². The van der Waals surface area contributed by atoms with Crippen molar-refractivity contribution >= 4 is 5.97 Å². The van der Waals surface area contributed by atoms with Gasteiger partial charge in [0.15, 0.2) is 0 Å². The van der Waals surface area contributed by atoms with Gasteiger partial charge in [-0.25, -0.2) is 4.79 Å². The van der Waals surface area contributed by atoms with Gasteiger partial charge in [0.25, 0.3) is 0 Å². The lowest BCUT2D eigenvalue weighted by atomic mass is 9.71. The molecule has 0 aromatic rings. The molecule has 0 spiro atoms. The van der Waals surface area contributed by atoms with Crippen LogP contribution in [0.25, 0.3) is 0 Å². The lowest BCUT2D eigenvalue weighted by Crippen LogP contribution is -2.53. The quantitative estimate of drug-likeness (QED) is 0.681. The minimum Gasteiger partial charge on any atom is -0.458 e. The molecule has 3 atom stereocenters. The number of carbonyl (C=O) groups is 1. The molecule has 3 nitrogen and oxygen atoms in total. The summed E-state index contributed by atoms with van der Waals surface area (Å²) in [7, 11) is 0. The summed E-state index contributed by atoms with van der Waals surface area (Å²) in [6.45, 7) is 6.92. The monoisotopic (exact) mass is 263 g/mol. The van der Waals surface area contributed by atoms with E-state index in [9.17, 15) is 4.79 Å². The Balaban J connectivity index is 1.89. The molecule has 19 heavy (non-hydrogen) atoms. The molecule has 0 radical (unpaired) electrons. The van der Waals surface area contributed by atoms with Crippen LogP contribution in [0.2, 0.25) is 0 Å². The maximum Gasteiger partial charge on any atom is 0.333 e. The molecular weight excluding hydrogens is 238 g/mol. The Bertz CT molecular complexity index is 409. The molecule has 2 fully saturated rings. The zero-order valence-corrected chi connectivity index (χ0v) is 12.3. The van der Waals surface area contributed by atoms with Gasteiger partial charge in [-0.3, -0.25) is 0 Å². The zero-order valence-electron chi connectivity index (χ0n) is 12.3. The van der Waals surface area contributed by atoms with Gasteiger partial charge in [0.1, 0.15) is 11.1 Å². The van der Waals surface area contributed by atoms with Gasteiger partial charge in [-0.05, 0) is 51.6 Å². The highest BCUT2D eigenvalue weighted by atomic mass is 16.6. The van der Waals surface area contributed by atoms with Crippen LogP contribution >= 0.6 is 0 Å². The van der Waals surface area contributed by atoms with Crippen LogP contribution < -0.4 is 0 Å². The van der Waals surface area contributed by atoms with Crippen molar-refractivity contribution in [2.45, 2.75) is 64.0 Å². The fourth-order valence-corrected chi connectivity index (χ4v) is 4.22. The van der Waals surface area contributed by atoms with E-state index in [2.05, 4.69) is 17.2 Å². The maximum absolute atomic E-state index is 12.8. The molecule has 2 aliphatic heterocycles. The molecule has 3 aliphatic rings. The Morgan fingerprint density at radius 1 is 1.32 bits per heavy atom. The van der Waals surface area contributed by atoms with Crippen LogP contribution in [-0.2, 0) is 9.53 Å². The van der Waals surface area contributed by atoms with E-state index < -0.39 is 5.60 Å². The maximum atomic E-state index is 12.8. The summed E-state index contributed by atoms with van der Waals surface area (Å²) in [6, 6.07) is 0. The molecule has 1 aliphatic carbocycles. The average molecular weight is 263 g/mol. The average Bonchev–Trinajstić information content (AvgIpc) is 2.82. The van der Waals surface area contributed by atoms with E-state index >= 15 is 0 Å². The van der Waals surface area contributed by atoms with Crippen molar-refractivity contribution in [3.05, 3.63) is 12.3 Å². The molecule has 1 saturated carbocycles. The summed E-state index contributed by atoms with van der Waals surface area (Å²) in [5.41, 5.74) is -0.773. The summed E-state index contributed by atoms with van der Waals surface area (Å²) in [6.07, 6.45) is 10.2. The summed E-state index contributed by atoms with van der Waals surface area (Å²) < 4.78 is 5.75. The highest BCUT2D eigenvalue weighted by molar-refractivity contribution is 5.83. The molecule has 3 unspecified atom stereocenters. The third kappa shape index (κ3) is 1.98. The number of fused-ring (bicyclic) bond motifs is 3. The molecule has 0 bridgehead atoms. The second-order valence-electron chi connectivity index (χ2n) is 7.32. The molecule has 0 N–H and O–H groups in total. The van der Waals surface area contributed by atoms with Crippen LogP contribution in [0.3, 0.4) is 0 Å². The Labute approximate surface area is 116 Å². The smallest absolute Gasteiger partial charge is 0.333 e. The molecule has 0 aromatic carbocycles. The van der Waals surface area contributed by atoms with Crippen LogP contribution in [-0.4, -0.2) is 28.6 Å². The SMILES string of the molecule is CC(C)(C)OC(=O)C12CC=CN1CC1CCCCC12. The van der Waals surface area contributed by atoms with E-state index in [4.69, 9.17) is 4.74 Å². The molecule has 0 aromatic heterocycles. The second-order valence-corrected chi connectivity index (χ2v) is 7.32. The number of hydrogen-bond acceptors (Lipinski definition) is 3. The number of nitrogens with zero attached hydrogens (tertiary/aromatic N) is 1. The lowest BCUT2D eigenvalue weighted by molar-refractivity contribution is -0.169. The van der Waals surface area contributed by atoms with Crippen LogP contribution in [0.1, 0.15) is 52.9 Å². The van der Waals surface area contributed by atoms with Gasteiger partial charge in [0.2, 0.25) is 0 Å². The van der Waals surface area contributed by atoms with Crippen molar-refractivity contribution in [2.75, 3.05) is 6.54 Å². The number of esters is 1. The number of rotatable bonds is 1. The predicted octanol–water partition coefficient (Wildman–Crippen LogP) is 3.11. The predicted molar refractivity (Wildman–Crippen MR) is 74.5 cm³/mol. The van der Waals surface area contributed by atoms with Crippen LogP contribution in [0.5, 0.6) is 0 Å². The molecule has 2 heterocycles. The zero-order chi connectivity index (χ0) is 13.7. The summed E-state index contributed by atoms with van der Waals surface area (Å²) in [5.74, 6) is 1.18. The Hall–Kier alpha value is -0.990. The highest BCUT2D eigenvalue weighted by Crippen LogP contribution is 2.51. The van der Waals surface area contributed by atoms with Crippen LogP contribution in [0, 0.1) is 11.8 Å². The number of carbonyl (C=O) groups excluding carboxylic acids is 1. The van der Waals surface area contributed by atoms with Gasteiger partial charge in [-0.2, -0.15) is 0 Å². The van der Waals surface area contributed by atoms with E-state index in [0.29, 0.717) is 11.8 Å². The summed E-state index contributed by atoms with van der Waals surface area (Å²) in [5, 5.41) is 0. The van der Waals surface area contributed by atoms with Crippen molar-refractivity contribution in [3.8, 4) is 0 Å². The Morgan fingerprint density at radius 3 is 2.79 bits per heavy atom. The van der Waals surface area contributed by atoms with Crippen molar-refractivity contribution in [1.29, 1.82) is 0 Å². The van der Waals surface area contributed by atoms with E-state index in [1.165, 1.54) is 25.7 Å². The van der Waals surface area contributed by atoms with Gasteiger partial charge < -0.3 is 9.64 Å². The van der Waals surface area contributed by atoms with Gasteiger partial charge in [0, 0.05) is 13.0 Å². The van der Waals surface area contributed by atoms with Gasteiger partial charge in [0.05, 0.1) is 0 Å². The van der Waals surface area contributed by atoms with E-state index in [0.717, 1.165) is 13.0 Å². The first-order valence-electron chi connectivity index (χ1n) is 7.60. The van der Waals surface area contributed by atoms with Gasteiger partial charge in [-0.15, -0.1) is 0 Å². The Morgan fingerprint density at radius 2 is 2.05 bits per heavy atom. The minimum absolute atomic E-state index is 0.000556. The molecule has 3 heteroatoms. The van der Waals surface area contributed by atoms with Gasteiger partial charge >= 0.3 is 5.97 Å². The lowest BCUT2D eigenvalue weighted by Gasteiger charge is -2.39. The van der Waals surface area contributed by atoms with E-state index in [1.807, 2.05) is 20.8 Å². The Kier molecular flexibility index (Phi) is 2.91. The largest absolute Gasteiger partial charge is 0.458 e. The topological polar surface area (TPSA) is 29.5 Å². The third-order valence-corrected chi connectivity index (χ3v) is 4.93. The molecule has 0 amide bonds. The first-order valence-corrected chi connectivity index (χ1v) is 7.60. The van der Waals surface area contributed by atoms with Crippen LogP contribution in [0.15, 0.2) is 12.3 Å². The number of ether oxygens (including phenoxy) is 1. The third-order valence-electron chi connectivity index (χ3n) is 4.93. The van der Waals surface area contributed by atoms with Crippen LogP contribution in [0.4, 0.5) is 0 Å². The molecule has 3 rings (SSSR count). The standard InChI is InChI=1S/C16H25NO2/c1-15(2,3)19-14(18)16-9-6-10-17(16)11-12-7-4-5-8-13(12)16/h6,10,12-13H,4-5,7-9,11H2,1-3H3. The van der Waals surface area contributed by atoms with E-state index in [-0.39, 0.29) is 11.5 Å². The summed E-state index contributed by atoms with van der Waals surface area (Å²) in [4.78, 5) is 15.1. The van der Waals surface area contributed by atoms with Crippen molar-refractivity contribution in [1.82, 2.24) is 4.90 Å². The molecule has 106 valence electrons.